The third-order valence-corrected chi connectivity index (χ3v) is 4.26. The first-order chi connectivity index (χ1) is 11.3. The van der Waals surface area contributed by atoms with E-state index in [9.17, 15) is 15.0 Å². The van der Waals surface area contributed by atoms with E-state index in [0.717, 1.165) is 16.5 Å². The van der Waals surface area contributed by atoms with E-state index >= 15 is 0 Å². The monoisotopic (exact) mass is 320 g/mol. The molecule has 0 amide bonds. The molecule has 3 nitrogen and oxygen atoms in total. The van der Waals surface area contributed by atoms with E-state index in [1.807, 2.05) is 63.2 Å². The van der Waals surface area contributed by atoms with Gasteiger partial charge < -0.3 is 10.2 Å². The van der Waals surface area contributed by atoms with Gasteiger partial charge in [-0.15, -0.1) is 0 Å². The number of fused-ring (bicyclic) bond motifs is 1. The summed E-state index contributed by atoms with van der Waals surface area (Å²) in [4.78, 5) is 11.9. The molecule has 0 heterocycles. The molecular weight excluding hydrogens is 300 g/mol. The van der Waals surface area contributed by atoms with E-state index in [0.29, 0.717) is 16.5 Å². The fourth-order valence-corrected chi connectivity index (χ4v) is 3.05. The van der Waals surface area contributed by atoms with Gasteiger partial charge in [0.15, 0.2) is 0 Å². The number of phenolic OH excluding ortho intramolecular Hbond substituents is 1. The minimum Gasteiger partial charge on any atom is -0.508 e. The van der Waals surface area contributed by atoms with Gasteiger partial charge in [-0.25, -0.2) is 4.79 Å². The smallest absolute Gasteiger partial charge is 0.336 e. The summed E-state index contributed by atoms with van der Waals surface area (Å²) in [6.45, 7) is 6.05. The molecule has 3 heteroatoms. The van der Waals surface area contributed by atoms with Crippen LogP contribution >= 0.6 is 0 Å². The number of aromatic carboxylic acids is 1. The van der Waals surface area contributed by atoms with Gasteiger partial charge in [-0.2, -0.15) is 0 Å². The number of hydrogen-bond acceptors (Lipinski definition) is 2. The minimum absolute atomic E-state index is 0.226. The van der Waals surface area contributed by atoms with E-state index in [-0.39, 0.29) is 11.2 Å². The van der Waals surface area contributed by atoms with Gasteiger partial charge in [0.1, 0.15) is 5.75 Å². The standard InChI is InChI=1S/C21H20O3/c1-21(2,3)17-12-14(9-11-18(17)22)16-10-8-13-6-4-5-7-15(13)19(16)20(23)24/h4-12,22H,1-3H3,(H,23,24). The van der Waals surface area contributed by atoms with Gasteiger partial charge >= 0.3 is 5.97 Å². The predicted molar refractivity (Wildman–Crippen MR) is 96.7 cm³/mol. The average Bonchev–Trinajstić information content (AvgIpc) is 2.53. The van der Waals surface area contributed by atoms with Crippen molar-refractivity contribution in [1.82, 2.24) is 0 Å². The summed E-state index contributed by atoms with van der Waals surface area (Å²) in [5.74, 6) is -0.726. The first-order valence-electron chi connectivity index (χ1n) is 7.88. The molecule has 24 heavy (non-hydrogen) atoms. The zero-order valence-electron chi connectivity index (χ0n) is 14.0. The van der Waals surface area contributed by atoms with E-state index in [1.165, 1.54) is 0 Å². The Balaban J connectivity index is 2.31. The second kappa shape index (κ2) is 5.68. The van der Waals surface area contributed by atoms with Crippen LogP contribution in [0, 0.1) is 0 Å². The number of phenols is 1. The summed E-state index contributed by atoms with van der Waals surface area (Å²) in [5.41, 5.74) is 2.30. The summed E-state index contributed by atoms with van der Waals surface area (Å²) >= 11 is 0. The van der Waals surface area contributed by atoms with Crippen molar-refractivity contribution in [1.29, 1.82) is 0 Å². The molecule has 0 fully saturated rings. The lowest BCUT2D eigenvalue weighted by Crippen LogP contribution is -2.11. The van der Waals surface area contributed by atoms with E-state index in [1.54, 1.807) is 12.1 Å². The molecule has 0 bridgehead atoms. The quantitative estimate of drug-likeness (QED) is 0.681. The Morgan fingerprint density at radius 3 is 2.33 bits per heavy atom. The third kappa shape index (κ3) is 2.73. The maximum Gasteiger partial charge on any atom is 0.336 e. The molecule has 0 aliphatic rings. The molecule has 0 saturated heterocycles. The topological polar surface area (TPSA) is 57.5 Å². The van der Waals surface area contributed by atoms with Crippen molar-refractivity contribution >= 4 is 16.7 Å². The molecule has 0 unspecified atom stereocenters. The number of aromatic hydroxyl groups is 1. The summed E-state index contributed by atoms with van der Waals surface area (Å²) < 4.78 is 0. The van der Waals surface area contributed by atoms with Gasteiger partial charge in [0.2, 0.25) is 0 Å². The highest BCUT2D eigenvalue weighted by molar-refractivity contribution is 6.09. The van der Waals surface area contributed by atoms with Crippen LogP contribution in [-0.2, 0) is 5.41 Å². The Morgan fingerprint density at radius 1 is 0.958 bits per heavy atom. The lowest BCUT2D eigenvalue weighted by molar-refractivity contribution is 0.0700. The van der Waals surface area contributed by atoms with Crippen LogP contribution in [-0.4, -0.2) is 16.2 Å². The maximum atomic E-state index is 11.9. The lowest BCUT2D eigenvalue weighted by Gasteiger charge is -2.21. The first-order valence-corrected chi connectivity index (χ1v) is 7.88. The Morgan fingerprint density at radius 2 is 1.67 bits per heavy atom. The van der Waals surface area contributed by atoms with Crippen molar-refractivity contribution in [3.05, 3.63) is 65.7 Å². The summed E-state index contributed by atoms with van der Waals surface area (Å²) in [6.07, 6.45) is 0. The zero-order chi connectivity index (χ0) is 17.5. The number of rotatable bonds is 2. The highest BCUT2D eigenvalue weighted by atomic mass is 16.4. The van der Waals surface area contributed by atoms with Gasteiger partial charge in [-0.3, -0.25) is 0 Å². The largest absolute Gasteiger partial charge is 0.508 e. The number of benzene rings is 3. The van der Waals surface area contributed by atoms with E-state index < -0.39 is 5.97 Å². The van der Waals surface area contributed by atoms with Crippen LogP contribution in [0.5, 0.6) is 5.75 Å². The van der Waals surface area contributed by atoms with Crippen LogP contribution in [0.25, 0.3) is 21.9 Å². The fraction of sp³-hybridized carbons (Fsp3) is 0.190. The van der Waals surface area contributed by atoms with Crippen molar-refractivity contribution in [3.63, 3.8) is 0 Å². The maximum absolute atomic E-state index is 11.9. The lowest BCUT2D eigenvalue weighted by atomic mass is 9.84. The number of carbonyl (C=O) groups is 1. The number of carboxylic acids is 1. The number of hydrogen-bond donors (Lipinski definition) is 2. The molecule has 0 aliphatic carbocycles. The fourth-order valence-electron chi connectivity index (χ4n) is 3.05. The Bertz CT molecular complexity index is 933. The van der Waals surface area contributed by atoms with Crippen molar-refractivity contribution in [2.24, 2.45) is 0 Å². The second-order valence-corrected chi connectivity index (χ2v) is 7.00. The van der Waals surface area contributed by atoms with E-state index in [2.05, 4.69) is 0 Å². The van der Waals surface area contributed by atoms with Crippen molar-refractivity contribution in [2.45, 2.75) is 26.2 Å². The van der Waals surface area contributed by atoms with Gasteiger partial charge in [0, 0.05) is 0 Å². The molecule has 0 aliphatic heterocycles. The molecule has 122 valence electrons. The highest BCUT2D eigenvalue weighted by Gasteiger charge is 2.21. The van der Waals surface area contributed by atoms with Crippen LogP contribution in [0.1, 0.15) is 36.7 Å². The van der Waals surface area contributed by atoms with Crippen molar-refractivity contribution < 1.29 is 15.0 Å². The van der Waals surface area contributed by atoms with Crippen LogP contribution in [0.4, 0.5) is 0 Å². The van der Waals surface area contributed by atoms with Crippen LogP contribution in [0.2, 0.25) is 0 Å². The molecule has 0 aromatic heterocycles. The molecule has 3 rings (SSSR count). The molecule has 2 N–H and O–H groups in total. The SMILES string of the molecule is CC(C)(C)c1cc(-c2ccc3ccccc3c2C(=O)O)ccc1O. The Kier molecular flexibility index (Phi) is 3.80. The molecule has 0 saturated carbocycles. The van der Waals surface area contributed by atoms with Gasteiger partial charge in [0.05, 0.1) is 5.56 Å². The highest BCUT2D eigenvalue weighted by Crippen LogP contribution is 2.37. The van der Waals surface area contributed by atoms with Crippen LogP contribution in [0.15, 0.2) is 54.6 Å². The molecule has 0 spiro atoms. The second-order valence-electron chi connectivity index (χ2n) is 7.00. The van der Waals surface area contributed by atoms with Gasteiger partial charge in [-0.05, 0) is 45.0 Å². The number of carboxylic acid groups (broad SMARTS) is 1. The van der Waals surface area contributed by atoms with Gasteiger partial charge in [0.25, 0.3) is 0 Å². The normalized spacial score (nSPS) is 11.6. The summed E-state index contributed by atoms with van der Waals surface area (Å²) in [5, 5.41) is 21.5. The molecule has 3 aromatic carbocycles. The minimum atomic E-state index is -0.952. The molecule has 3 aromatic rings. The van der Waals surface area contributed by atoms with Crippen molar-refractivity contribution in [2.75, 3.05) is 0 Å². The van der Waals surface area contributed by atoms with Gasteiger partial charge in [-0.1, -0.05) is 63.2 Å². The van der Waals surface area contributed by atoms with Crippen LogP contribution < -0.4 is 0 Å². The Labute approximate surface area is 141 Å². The average molecular weight is 320 g/mol. The Hall–Kier alpha value is -2.81. The first kappa shape index (κ1) is 16.1. The molecule has 0 radical (unpaired) electrons. The third-order valence-electron chi connectivity index (χ3n) is 4.26. The van der Waals surface area contributed by atoms with Crippen LogP contribution in [0.3, 0.4) is 0 Å². The summed E-state index contributed by atoms with van der Waals surface area (Å²) in [6, 6.07) is 16.5. The molecular formula is C21H20O3. The van der Waals surface area contributed by atoms with Crippen molar-refractivity contribution in [3.8, 4) is 16.9 Å². The predicted octanol–water partition coefficient (Wildman–Crippen LogP) is 5.21. The zero-order valence-corrected chi connectivity index (χ0v) is 14.0. The molecule has 0 atom stereocenters. The summed E-state index contributed by atoms with van der Waals surface area (Å²) in [7, 11) is 0. The van der Waals surface area contributed by atoms with E-state index in [4.69, 9.17) is 0 Å².